The molecule has 1 heterocycles. The van der Waals surface area contributed by atoms with Crippen molar-refractivity contribution in [3.8, 4) is 0 Å². The van der Waals surface area contributed by atoms with Crippen molar-refractivity contribution in [3.63, 3.8) is 0 Å². The fourth-order valence-electron chi connectivity index (χ4n) is 4.26. The molecule has 0 atom stereocenters. The number of fused-ring (bicyclic) bond motifs is 1. The Labute approximate surface area is 201 Å². The molecule has 2 N–H and O–H groups in total. The van der Waals surface area contributed by atoms with Gasteiger partial charge in [0.2, 0.25) is 0 Å². The van der Waals surface area contributed by atoms with Crippen LogP contribution in [-0.2, 0) is 6.42 Å². The zero-order valence-electron chi connectivity index (χ0n) is 19.8. The van der Waals surface area contributed by atoms with E-state index in [0.29, 0.717) is 10.6 Å². The van der Waals surface area contributed by atoms with Gasteiger partial charge in [0.15, 0.2) is 0 Å². The Morgan fingerprint density at radius 3 is 2.27 bits per heavy atom. The topological polar surface area (TPSA) is 66.4 Å². The number of aryl methyl sites for hydroxylation is 2. The molecule has 0 bridgehead atoms. The summed E-state index contributed by atoms with van der Waals surface area (Å²) in [5.74, 6) is -1.28. The number of amides is 1. The number of carbonyl (C=O) groups is 2. The van der Waals surface area contributed by atoms with Gasteiger partial charge in [0.1, 0.15) is 0 Å². The second-order valence-electron chi connectivity index (χ2n) is 8.79. The zero-order chi connectivity index (χ0) is 23.6. The van der Waals surface area contributed by atoms with E-state index >= 15 is 0 Å². The molecule has 0 radical (unpaired) electrons. The Hall–Kier alpha value is -2.66. The van der Waals surface area contributed by atoms with Gasteiger partial charge < -0.3 is 10.4 Å². The fraction of sp³-hybridized carbons (Fsp3) is 0.429. The number of thiophene rings is 1. The highest BCUT2D eigenvalue weighted by Crippen LogP contribution is 2.34. The number of aromatic carboxylic acids is 1. The van der Waals surface area contributed by atoms with E-state index < -0.39 is 5.97 Å². The number of carboxylic acids is 1. The van der Waals surface area contributed by atoms with Gasteiger partial charge in [0.25, 0.3) is 5.91 Å². The molecule has 176 valence electrons. The number of benzene rings is 2. The van der Waals surface area contributed by atoms with Gasteiger partial charge in [-0.1, -0.05) is 88.1 Å². The first kappa shape index (κ1) is 25.0. The number of hydrogen-bond acceptors (Lipinski definition) is 3. The minimum atomic E-state index is -1.05. The Balaban J connectivity index is 1.70. The molecule has 3 rings (SSSR count). The lowest BCUT2D eigenvalue weighted by atomic mass is 10.0. The SMILES string of the molecule is CCCCCCCCCCCc1c(C(=O)Nc2ccccc2C(=O)O)sc2ccc(C)cc12. The second-order valence-corrected chi connectivity index (χ2v) is 9.84. The first-order valence-electron chi connectivity index (χ1n) is 12.2. The largest absolute Gasteiger partial charge is 0.478 e. The quantitative estimate of drug-likeness (QED) is 0.250. The molecule has 3 aromatic rings. The van der Waals surface area contributed by atoms with E-state index in [2.05, 4.69) is 37.4 Å². The lowest BCUT2D eigenvalue weighted by molar-refractivity contribution is 0.0698. The number of nitrogens with one attached hydrogen (secondary N) is 1. The predicted molar refractivity (Wildman–Crippen MR) is 139 cm³/mol. The molecule has 33 heavy (non-hydrogen) atoms. The third-order valence-corrected chi connectivity index (χ3v) is 7.30. The molecule has 0 saturated carbocycles. The van der Waals surface area contributed by atoms with Gasteiger partial charge in [-0.2, -0.15) is 0 Å². The minimum Gasteiger partial charge on any atom is -0.478 e. The molecular weight excluding hydrogens is 430 g/mol. The molecular formula is C28H35NO3S. The van der Waals surface area contributed by atoms with Gasteiger partial charge >= 0.3 is 5.97 Å². The molecule has 1 amide bonds. The van der Waals surface area contributed by atoms with Crippen LogP contribution in [0.1, 0.15) is 95.9 Å². The van der Waals surface area contributed by atoms with Crippen LogP contribution < -0.4 is 5.32 Å². The van der Waals surface area contributed by atoms with Crippen LogP contribution in [0, 0.1) is 6.92 Å². The van der Waals surface area contributed by atoms with Gasteiger partial charge in [-0.3, -0.25) is 4.79 Å². The third kappa shape index (κ3) is 6.91. The molecule has 4 nitrogen and oxygen atoms in total. The number of hydrogen-bond donors (Lipinski definition) is 2. The van der Waals surface area contributed by atoms with Crippen LogP contribution >= 0.6 is 11.3 Å². The molecule has 0 saturated heterocycles. The summed E-state index contributed by atoms with van der Waals surface area (Å²) >= 11 is 1.49. The van der Waals surface area contributed by atoms with Crippen molar-refractivity contribution in [3.05, 3.63) is 64.0 Å². The maximum Gasteiger partial charge on any atom is 0.337 e. The second kappa shape index (κ2) is 12.5. The molecule has 0 aliphatic rings. The smallest absolute Gasteiger partial charge is 0.337 e. The number of para-hydroxylation sites is 1. The van der Waals surface area contributed by atoms with E-state index in [0.717, 1.165) is 28.5 Å². The van der Waals surface area contributed by atoms with Crippen LogP contribution in [-0.4, -0.2) is 17.0 Å². The average molecular weight is 466 g/mol. The van der Waals surface area contributed by atoms with Crippen LogP contribution in [0.4, 0.5) is 5.69 Å². The average Bonchev–Trinajstić information content (AvgIpc) is 3.16. The molecule has 0 unspecified atom stereocenters. The molecule has 0 aliphatic heterocycles. The number of anilines is 1. The van der Waals surface area contributed by atoms with Gasteiger partial charge in [-0.25, -0.2) is 4.79 Å². The van der Waals surface area contributed by atoms with Crippen LogP contribution in [0.2, 0.25) is 0 Å². The van der Waals surface area contributed by atoms with Crippen molar-refractivity contribution in [2.24, 2.45) is 0 Å². The maximum absolute atomic E-state index is 13.2. The summed E-state index contributed by atoms with van der Waals surface area (Å²) in [4.78, 5) is 25.5. The summed E-state index contributed by atoms with van der Waals surface area (Å²) < 4.78 is 1.10. The van der Waals surface area contributed by atoms with E-state index in [1.165, 1.54) is 74.3 Å². The van der Waals surface area contributed by atoms with E-state index in [-0.39, 0.29) is 11.5 Å². The summed E-state index contributed by atoms with van der Waals surface area (Å²) in [5.41, 5.74) is 2.70. The summed E-state index contributed by atoms with van der Waals surface area (Å²) in [6.45, 7) is 4.32. The molecule has 1 aromatic heterocycles. The first-order valence-corrected chi connectivity index (χ1v) is 13.0. The highest BCUT2D eigenvalue weighted by molar-refractivity contribution is 7.21. The van der Waals surface area contributed by atoms with E-state index in [1.54, 1.807) is 18.2 Å². The monoisotopic (exact) mass is 465 g/mol. The Morgan fingerprint density at radius 2 is 1.58 bits per heavy atom. The molecule has 0 aliphatic carbocycles. The van der Waals surface area contributed by atoms with Gasteiger partial charge in [0, 0.05) is 4.70 Å². The summed E-state index contributed by atoms with van der Waals surface area (Å²) in [7, 11) is 0. The standard InChI is InChI=1S/C28H35NO3S/c1-3-4-5-6-7-8-9-10-11-14-21-23-19-20(2)17-18-25(23)33-26(21)27(30)29-24-16-13-12-15-22(24)28(31)32/h12-13,15-19H,3-11,14H2,1-2H3,(H,29,30)(H,31,32). The first-order chi connectivity index (χ1) is 16.0. The Morgan fingerprint density at radius 1 is 0.909 bits per heavy atom. The van der Waals surface area contributed by atoms with E-state index in [1.807, 2.05) is 0 Å². The van der Waals surface area contributed by atoms with Crippen molar-refractivity contribution in [1.82, 2.24) is 0 Å². The van der Waals surface area contributed by atoms with Crippen molar-refractivity contribution in [1.29, 1.82) is 0 Å². The van der Waals surface area contributed by atoms with Crippen molar-refractivity contribution in [2.75, 3.05) is 5.32 Å². The van der Waals surface area contributed by atoms with Crippen molar-refractivity contribution in [2.45, 2.75) is 78.1 Å². The van der Waals surface area contributed by atoms with Crippen LogP contribution in [0.25, 0.3) is 10.1 Å². The molecule has 0 fully saturated rings. The molecule has 2 aromatic carbocycles. The predicted octanol–water partition coefficient (Wildman–Crippen LogP) is 8.23. The summed E-state index contributed by atoms with van der Waals surface area (Å²) in [5, 5.41) is 13.4. The van der Waals surface area contributed by atoms with Crippen LogP contribution in [0.3, 0.4) is 0 Å². The Kier molecular flexibility index (Phi) is 9.49. The maximum atomic E-state index is 13.2. The number of carbonyl (C=O) groups excluding carboxylic acids is 1. The molecule has 0 spiro atoms. The van der Waals surface area contributed by atoms with Crippen molar-refractivity contribution < 1.29 is 14.7 Å². The summed E-state index contributed by atoms with van der Waals surface area (Å²) in [6, 6.07) is 12.9. The van der Waals surface area contributed by atoms with Crippen molar-refractivity contribution >= 4 is 39.0 Å². The zero-order valence-corrected chi connectivity index (χ0v) is 20.6. The summed E-state index contributed by atoms with van der Waals surface area (Å²) in [6.07, 6.45) is 12.2. The normalized spacial score (nSPS) is 11.1. The minimum absolute atomic E-state index is 0.100. The van der Waals surface area contributed by atoms with E-state index in [4.69, 9.17) is 0 Å². The number of unbranched alkanes of at least 4 members (excludes halogenated alkanes) is 8. The van der Waals surface area contributed by atoms with Gasteiger partial charge in [-0.15, -0.1) is 11.3 Å². The third-order valence-electron chi connectivity index (χ3n) is 6.09. The van der Waals surface area contributed by atoms with Gasteiger partial charge in [-0.05, 0) is 48.9 Å². The van der Waals surface area contributed by atoms with E-state index in [9.17, 15) is 14.7 Å². The van der Waals surface area contributed by atoms with Crippen LogP contribution in [0.15, 0.2) is 42.5 Å². The fourth-order valence-corrected chi connectivity index (χ4v) is 5.39. The highest BCUT2D eigenvalue weighted by atomic mass is 32.1. The number of rotatable bonds is 13. The van der Waals surface area contributed by atoms with Crippen LogP contribution in [0.5, 0.6) is 0 Å². The Bertz CT molecular complexity index is 1090. The highest BCUT2D eigenvalue weighted by Gasteiger charge is 2.20. The lowest BCUT2D eigenvalue weighted by Gasteiger charge is -2.09. The number of carboxylic acid groups (broad SMARTS) is 1. The molecule has 5 heteroatoms. The lowest BCUT2D eigenvalue weighted by Crippen LogP contribution is -2.15. The van der Waals surface area contributed by atoms with Gasteiger partial charge in [0.05, 0.1) is 16.1 Å².